The SMILES string of the molecule is [2H]c1c([2H])c([C@@H](O)CC[C@H]2C(=O)N(c3ccc(F)cc3)[C@@H]2c2ccc(O[C@@H]3O[C@H](C(=O)O)[C@@H](O)[C@H](O)[C@H]3O)cc2)c([2H])c([2H])c1F. The van der Waals surface area contributed by atoms with Crippen LogP contribution < -0.4 is 9.64 Å². The Morgan fingerprint density at radius 1 is 0.952 bits per heavy atom. The van der Waals surface area contributed by atoms with Crippen molar-refractivity contribution in [3.8, 4) is 5.75 Å². The van der Waals surface area contributed by atoms with Crippen molar-refractivity contribution in [2.24, 2.45) is 5.92 Å². The Hall–Kier alpha value is -3.94. The monoisotopic (exact) mass is 589 g/mol. The van der Waals surface area contributed by atoms with Crippen LogP contribution in [0.15, 0.2) is 72.7 Å². The number of aliphatic hydroxyl groups excluding tert-OH is 4. The summed E-state index contributed by atoms with van der Waals surface area (Å²) < 4.78 is 69.8. The van der Waals surface area contributed by atoms with Crippen molar-refractivity contribution >= 4 is 17.6 Å². The lowest BCUT2D eigenvalue weighted by Crippen LogP contribution is -2.61. The minimum atomic E-state index is -1.90. The van der Waals surface area contributed by atoms with Crippen molar-refractivity contribution in [3.05, 3.63) is 95.5 Å². The summed E-state index contributed by atoms with van der Waals surface area (Å²) in [6.45, 7) is 0. The van der Waals surface area contributed by atoms with E-state index in [0.717, 1.165) is 0 Å². The molecule has 3 aromatic rings. The fourth-order valence-corrected chi connectivity index (χ4v) is 5.08. The molecule has 1 amide bonds. The molecule has 10 nitrogen and oxygen atoms in total. The van der Waals surface area contributed by atoms with Gasteiger partial charge in [0.15, 0.2) is 6.10 Å². The zero-order valence-electron chi connectivity index (χ0n) is 25.7. The molecule has 0 aliphatic carbocycles. The van der Waals surface area contributed by atoms with Crippen LogP contribution in [0.5, 0.6) is 5.75 Å². The number of aliphatic hydroxyl groups is 4. The van der Waals surface area contributed by atoms with Crippen LogP contribution in [0.3, 0.4) is 0 Å². The number of hydrogen-bond acceptors (Lipinski definition) is 8. The zero-order chi connectivity index (χ0) is 33.6. The number of carbonyl (C=O) groups excluding carboxylic acids is 1. The number of carboxylic acids is 1. The van der Waals surface area contributed by atoms with Gasteiger partial charge in [0.2, 0.25) is 12.2 Å². The lowest BCUT2D eigenvalue weighted by Gasteiger charge is -2.48. The van der Waals surface area contributed by atoms with Gasteiger partial charge in [0.1, 0.15) is 35.7 Å². The molecular formula is C30H29F2NO9. The van der Waals surface area contributed by atoms with Crippen molar-refractivity contribution in [2.75, 3.05) is 4.90 Å². The first kappa shape index (κ1) is 24.6. The highest BCUT2D eigenvalue weighted by Gasteiger charge is 2.49. The van der Waals surface area contributed by atoms with Crippen LogP contribution >= 0.6 is 0 Å². The van der Waals surface area contributed by atoms with Crippen molar-refractivity contribution < 1.29 is 58.9 Å². The third kappa shape index (κ3) is 5.85. The summed E-state index contributed by atoms with van der Waals surface area (Å²) in [6.07, 6.45) is -10.8. The molecule has 8 atom stereocenters. The molecule has 2 fully saturated rings. The summed E-state index contributed by atoms with van der Waals surface area (Å²) in [4.78, 5) is 26.2. The number of benzene rings is 3. The largest absolute Gasteiger partial charge is 0.479 e. The number of β-lactam (4-membered cyclic amide) rings is 1. The summed E-state index contributed by atoms with van der Waals surface area (Å²) >= 11 is 0. The van der Waals surface area contributed by atoms with E-state index in [0.29, 0.717) is 11.3 Å². The topological polar surface area (TPSA) is 157 Å². The first-order valence-electron chi connectivity index (χ1n) is 14.9. The average Bonchev–Trinajstić information content (AvgIpc) is 3.03. The van der Waals surface area contributed by atoms with Gasteiger partial charge in [-0.3, -0.25) is 4.79 Å². The molecule has 2 aliphatic rings. The van der Waals surface area contributed by atoms with Crippen LogP contribution in [0, 0.1) is 17.6 Å². The molecule has 2 heterocycles. The first-order valence-corrected chi connectivity index (χ1v) is 12.9. The van der Waals surface area contributed by atoms with Gasteiger partial charge >= 0.3 is 5.97 Å². The smallest absolute Gasteiger partial charge is 0.335 e. The van der Waals surface area contributed by atoms with Gasteiger partial charge in [0.25, 0.3) is 0 Å². The van der Waals surface area contributed by atoms with Gasteiger partial charge in [-0.2, -0.15) is 0 Å². The molecule has 5 rings (SSSR count). The fraction of sp³-hybridized carbons (Fsp3) is 0.333. The third-order valence-corrected chi connectivity index (χ3v) is 7.30. The van der Waals surface area contributed by atoms with Gasteiger partial charge in [-0.15, -0.1) is 0 Å². The second-order valence-electron chi connectivity index (χ2n) is 9.98. The highest BCUT2D eigenvalue weighted by Crippen LogP contribution is 2.46. The first-order chi connectivity index (χ1) is 21.7. The van der Waals surface area contributed by atoms with Crippen molar-refractivity contribution in [1.29, 1.82) is 0 Å². The Morgan fingerprint density at radius 3 is 2.21 bits per heavy atom. The lowest BCUT2D eigenvalue weighted by atomic mass is 9.78. The lowest BCUT2D eigenvalue weighted by molar-refractivity contribution is -0.271. The summed E-state index contributed by atoms with van der Waals surface area (Å²) in [5, 5.41) is 50.3. The van der Waals surface area contributed by atoms with Crippen LogP contribution in [0.25, 0.3) is 0 Å². The Balaban J connectivity index is 1.38. The molecule has 5 N–H and O–H groups in total. The van der Waals surface area contributed by atoms with E-state index in [9.17, 15) is 43.9 Å². The summed E-state index contributed by atoms with van der Waals surface area (Å²) in [5.41, 5.74) is 0.523. The van der Waals surface area contributed by atoms with E-state index >= 15 is 0 Å². The number of carboxylic acid groups (broad SMARTS) is 1. The number of anilines is 1. The van der Waals surface area contributed by atoms with E-state index in [1.165, 1.54) is 41.3 Å². The Labute approximate surface area is 244 Å². The van der Waals surface area contributed by atoms with Crippen LogP contribution in [-0.4, -0.2) is 68.1 Å². The van der Waals surface area contributed by atoms with Crippen LogP contribution in [0.4, 0.5) is 14.5 Å². The number of carbonyl (C=O) groups is 2. The second-order valence-corrected chi connectivity index (χ2v) is 9.98. The van der Waals surface area contributed by atoms with Crippen molar-refractivity contribution in [3.63, 3.8) is 0 Å². The van der Waals surface area contributed by atoms with Gasteiger partial charge in [0, 0.05) is 5.69 Å². The number of aliphatic carboxylic acids is 1. The maximum absolute atomic E-state index is 14.0. The van der Waals surface area contributed by atoms with E-state index in [2.05, 4.69) is 0 Å². The van der Waals surface area contributed by atoms with Crippen LogP contribution in [0.1, 0.15) is 41.6 Å². The van der Waals surface area contributed by atoms with E-state index in [1.54, 1.807) is 12.1 Å². The summed E-state index contributed by atoms with van der Waals surface area (Å²) in [7, 11) is 0. The molecule has 0 unspecified atom stereocenters. The maximum Gasteiger partial charge on any atom is 0.335 e. The molecule has 12 heteroatoms. The Bertz CT molecular complexity index is 1600. The van der Waals surface area contributed by atoms with Gasteiger partial charge < -0.3 is 39.9 Å². The maximum atomic E-state index is 14.0. The quantitative estimate of drug-likeness (QED) is 0.237. The molecule has 0 aromatic heterocycles. The molecule has 2 aliphatic heterocycles. The van der Waals surface area contributed by atoms with Crippen molar-refractivity contribution in [2.45, 2.75) is 55.7 Å². The predicted molar refractivity (Wildman–Crippen MR) is 142 cm³/mol. The summed E-state index contributed by atoms with van der Waals surface area (Å²) in [5.74, 6) is -4.52. The molecule has 0 saturated carbocycles. The standard InChI is InChI=1S/C30H29F2NO9/c31-17-5-1-15(2-6-17)22(34)14-13-21-23(33(28(21)38)19-9-7-18(32)8-10-19)16-3-11-20(12-4-16)41-30-26(37)24(35)25(36)27(42-30)29(39)40/h1-12,21-27,30,34-37H,13-14H2,(H,39,40)/t21-,22+,23-,24+,25+,26-,27+,30-/m1/s1/i1D,2D,5D,6D. The molecule has 3 aromatic carbocycles. The minimum absolute atomic E-state index is 0.0104. The van der Waals surface area contributed by atoms with Gasteiger partial charge in [-0.25, -0.2) is 13.6 Å². The molecule has 0 radical (unpaired) electrons. The molecule has 42 heavy (non-hydrogen) atoms. The molecule has 222 valence electrons. The zero-order valence-corrected chi connectivity index (χ0v) is 21.7. The summed E-state index contributed by atoms with van der Waals surface area (Å²) in [6, 6.07) is 7.18. The molecule has 0 bridgehead atoms. The minimum Gasteiger partial charge on any atom is -0.479 e. The van der Waals surface area contributed by atoms with E-state index in [1.807, 2.05) is 0 Å². The number of hydrogen-bond donors (Lipinski definition) is 5. The number of amides is 1. The number of nitrogens with zero attached hydrogens (tertiary/aromatic N) is 1. The Kier molecular flexibility index (Phi) is 7.11. The second kappa shape index (κ2) is 12.1. The van der Waals surface area contributed by atoms with E-state index in [-0.39, 0.29) is 24.5 Å². The highest BCUT2D eigenvalue weighted by atomic mass is 19.1. The molecular weight excluding hydrogens is 556 g/mol. The number of halogens is 2. The highest BCUT2D eigenvalue weighted by molar-refractivity contribution is 6.03. The average molecular weight is 590 g/mol. The van der Waals surface area contributed by atoms with Gasteiger partial charge in [0.05, 0.1) is 23.5 Å². The van der Waals surface area contributed by atoms with E-state index in [4.69, 9.17) is 15.0 Å². The van der Waals surface area contributed by atoms with E-state index < -0.39 is 96.1 Å². The van der Waals surface area contributed by atoms with Gasteiger partial charge in [-0.05, 0) is 72.5 Å². The molecule has 0 spiro atoms. The van der Waals surface area contributed by atoms with Gasteiger partial charge in [-0.1, -0.05) is 24.2 Å². The Morgan fingerprint density at radius 2 is 1.60 bits per heavy atom. The fourth-order valence-electron chi connectivity index (χ4n) is 5.08. The van der Waals surface area contributed by atoms with Crippen LogP contribution in [0.2, 0.25) is 0 Å². The van der Waals surface area contributed by atoms with Crippen molar-refractivity contribution in [1.82, 2.24) is 0 Å². The van der Waals surface area contributed by atoms with Crippen LogP contribution in [-0.2, 0) is 14.3 Å². The number of rotatable bonds is 9. The molecule has 2 saturated heterocycles. The number of ether oxygens (including phenoxy) is 2. The third-order valence-electron chi connectivity index (χ3n) is 7.30. The predicted octanol–water partition coefficient (Wildman–Crippen LogP) is 2.45. The normalized spacial score (nSPS) is 29.5.